The first kappa shape index (κ1) is 24.9. The number of nitrogens with zero attached hydrogens (tertiary/aromatic N) is 2. The number of rotatable bonds is 4. The Hall–Kier alpha value is -4.11. The molecule has 3 aromatic heterocycles. The van der Waals surface area contributed by atoms with Crippen molar-refractivity contribution in [2.24, 2.45) is 10.8 Å². The Morgan fingerprint density at radius 2 is 1.45 bits per heavy atom. The number of hydrogen-bond donors (Lipinski definition) is 0. The van der Waals surface area contributed by atoms with Crippen molar-refractivity contribution < 1.29 is 38.2 Å². The van der Waals surface area contributed by atoms with E-state index in [1.807, 2.05) is 70.2 Å². The molecule has 0 saturated heterocycles. The summed E-state index contributed by atoms with van der Waals surface area (Å²) < 4.78 is 86.8. The first-order valence-electron chi connectivity index (χ1n) is 21.0. The number of aromatic nitrogens is 2. The van der Waals surface area contributed by atoms with Crippen LogP contribution in [0.5, 0.6) is 0 Å². The summed E-state index contributed by atoms with van der Waals surface area (Å²) in [5, 5.41) is 3.93. The van der Waals surface area contributed by atoms with E-state index in [-0.39, 0.29) is 36.8 Å². The summed E-state index contributed by atoms with van der Waals surface area (Å²) in [6, 6.07) is 30.0. The fraction of sp³-hybridized carbons (Fsp3) is 0.289. The van der Waals surface area contributed by atoms with Crippen molar-refractivity contribution in [2.75, 3.05) is 0 Å². The third-order valence-corrected chi connectivity index (χ3v) is 7.70. The van der Waals surface area contributed by atoms with Crippen molar-refractivity contribution in [1.29, 1.82) is 0 Å². The van der Waals surface area contributed by atoms with E-state index in [1.54, 1.807) is 51.2 Å². The van der Waals surface area contributed by atoms with Crippen LogP contribution in [-0.4, -0.2) is 9.97 Å². The van der Waals surface area contributed by atoms with Crippen molar-refractivity contribution >= 4 is 32.7 Å². The Balaban J connectivity index is 0.000000235. The largest absolute Gasteiger partial charge is 0.500 e. The molecule has 7 aromatic rings. The Morgan fingerprint density at radius 3 is 2.14 bits per heavy atom. The van der Waals surface area contributed by atoms with Gasteiger partial charge >= 0.3 is 0 Å². The predicted molar refractivity (Wildman–Crippen MR) is 202 cm³/mol. The molecule has 0 spiro atoms. The maximum absolute atomic E-state index is 8.80. The first-order chi connectivity index (χ1) is 26.7. The van der Waals surface area contributed by atoms with Crippen molar-refractivity contribution in [3.8, 4) is 22.5 Å². The van der Waals surface area contributed by atoms with Crippen LogP contribution in [-0.2, 0) is 32.9 Å². The molecule has 0 N–H and O–H groups in total. The molecular formula is C45H46IrN2O-2. The Kier molecular flexibility index (Phi) is 7.33. The van der Waals surface area contributed by atoms with Crippen molar-refractivity contribution in [2.45, 2.75) is 74.9 Å². The second-order valence-electron chi connectivity index (χ2n) is 14.1. The molecular weight excluding hydrogens is 777 g/mol. The van der Waals surface area contributed by atoms with Gasteiger partial charge in [-0.25, -0.2) is 0 Å². The summed E-state index contributed by atoms with van der Waals surface area (Å²) in [5.41, 5.74) is 3.95. The van der Waals surface area contributed by atoms with E-state index in [4.69, 9.17) is 18.1 Å². The average molecular weight is 833 g/mol. The minimum atomic E-state index is -2.49. The second kappa shape index (κ2) is 14.4. The molecule has 49 heavy (non-hydrogen) atoms. The van der Waals surface area contributed by atoms with Gasteiger partial charge in [-0.1, -0.05) is 119 Å². The summed E-state index contributed by atoms with van der Waals surface area (Å²) in [6.45, 7) is 8.08. The van der Waals surface area contributed by atoms with Gasteiger partial charge < -0.3 is 14.4 Å². The topological polar surface area (TPSA) is 38.9 Å². The first-order valence-corrected chi connectivity index (χ1v) is 16.0. The van der Waals surface area contributed by atoms with E-state index >= 15 is 0 Å². The molecule has 4 heteroatoms. The molecule has 3 nitrogen and oxygen atoms in total. The fourth-order valence-corrected chi connectivity index (χ4v) is 5.58. The van der Waals surface area contributed by atoms with Gasteiger partial charge in [-0.2, -0.15) is 0 Å². The predicted octanol–water partition coefficient (Wildman–Crippen LogP) is 12.3. The minimum Gasteiger partial charge on any atom is -0.500 e. The molecule has 3 heterocycles. The SMILES string of the molecule is [2H]C([2H])([2H])c1c[c-]c(-c2cc(C)c(C([2H])([2H])C(C)(C)C)cn2)cc1.[2H]C([2H])([2H])c1cnc(-c2[c-]ccc3c2oc2c4ccccc4ccc32)cc1C([2H])([2H])C(C)(C)C.[Ir]. The van der Waals surface area contributed by atoms with Crippen LogP contribution in [0.3, 0.4) is 0 Å². The Labute approximate surface area is 319 Å². The van der Waals surface area contributed by atoms with E-state index in [0.717, 1.165) is 32.7 Å². The molecule has 7 rings (SSSR count). The zero-order valence-electron chi connectivity index (χ0n) is 38.8. The van der Waals surface area contributed by atoms with Crippen molar-refractivity contribution in [3.63, 3.8) is 0 Å². The van der Waals surface area contributed by atoms with Crippen LogP contribution in [0.2, 0.25) is 0 Å². The zero-order valence-corrected chi connectivity index (χ0v) is 31.2. The van der Waals surface area contributed by atoms with E-state index in [1.165, 1.54) is 12.3 Å². The maximum Gasteiger partial charge on any atom is 0.128 e. The maximum atomic E-state index is 8.80. The minimum absolute atomic E-state index is 0. The van der Waals surface area contributed by atoms with Crippen LogP contribution in [0.1, 0.15) is 83.1 Å². The molecule has 0 saturated carbocycles. The molecule has 0 unspecified atom stereocenters. The van der Waals surface area contributed by atoms with Crippen LogP contribution >= 0.6 is 0 Å². The van der Waals surface area contributed by atoms with Gasteiger partial charge in [-0.05, 0) is 65.3 Å². The van der Waals surface area contributed by atoms with Crippen LogP contribution in [0.25, 0.3) is 55.2 Å². The van der Waals surface area contributed by atoms with Crippen LogP contribution < -0.4 is 0 Å². The fourth-order valence-electron chi connectivity index (χ4n) is 5.58. The smallest absolute Gasteiger partial charge is 0.128 e. The van der Waals surface area contributed by atoms with Crippen molar-refractivity contribution in [3.05, 3.63) is 131 Å². The Morgan fingerprint density at radius 1 is 0.714 bits per heavy atom. The molecule has 0 amide bonds. The van der Waals surface area contributed by atoms with Crippen LogP contribution in [0.4, 0.5) is 0 Å². The summed E-state index contributed by atoms with van der Waals surface area (Å²) in [7, 11) is 0. The third-order valence-electron chi connectivity index (χ3n) is 7.70. The summed E-state index contributed by atoms with van der Waals surface area (Å²) in [4.78, 5) is 8.81. The third kappa shape index (κ3) is 8.38. The van der Waals surface area contributed by atoms with Crippen LogP contribution in [0, 0.1) is 43.6 Å². The van der Waals surface area contributed by atoms with Gasteiger partial charge in [-0.3, -0.25) is 0 Å². The van der Waals surface area contributed by atoms with Gasteiger partial charge in [0, 0.05) is 57.0 Å². The normalized spacial score (nSPS) is 15.9. The van der Waals surface area contributed by atoms with E-state index in [2.05, 4.69) is 28.2 Å². The molecule has 0 aliphatic carbocycles. The number of hydrogen-bond acceptors (Lipinski definition) is 3. The number of benzene rings is 4. The molecule has 0 fully saturated rings. The molecule has 0 aliphatic rings. The molecule has 1 radical (unpaired) electrons. The van der Waals surface area contributed by atoms with Crippen molar-refractivity contribution in [1.82, 2.24) is 9.97 Å². The number of fused-ring (bicyclic) bond motifs is 5. The second-order valence-corrected chi connectivity index (χ2v) is 14.1. The quantitative estimate of drug-likeness (QED) is 0.166. The van der Waals surface area contributed by atoms with Gasteiger partial charge in [0.2, 0.25) is 0 Å². The number of furan rings is 1. The number of aryl methyl sites for hydroxylation is 3. The summed E-state index contributed by atoms with van der Waals surface area (Å²) in [6.07, 6.45) is -0.572. The molecule has 4 aromatic carbocycles. The monoisotopic (exact) mass is 833 g/mol. The van der Waals surface area contributed by atoms with Crippen LogP contribution in [0.15, 0.2) is 95.7 Å². The summed E-state index contributed by atoms with van der Waals surface area (Å²) in [5.74, 6) is 0. The average Bonchev–Trinajstić information content (AvgIpc) is 3.53. The number of pyridine rings is 2. The van der Waals surface area contributed by atoms with Gasteiger partial charge in [0.1, 0.15) is 5.58 Å². The van der Waals surface area contributed by atoms with E-state index in [9.17, 15) is 0 Å². The van der Waals surface area contributed by atoms with Gasteiger partial charge in [0.15, 0.2) is 0 Å². The molecule has 0 aliphatic heterocycles. The standard InChI is InChI=1S/C27H24NO.C18H22N.Ir/c1-17-16-28-24(14-19(17)15-27(2,3)4)23-11-7-10-21-22-13-12-18-8-5-6-9-20(18)25(22)29-26(21)23;1-13-6-8-15(9-7-13)17-10-14(2)16(12-19-17)11-18(3,4)5;/h5-10,12-14,16H,15H2,1-4H3;6-8,10,12H,11H2,1-5H3;/q2*-1;/i1D3,15D2;1D3,11D2;. The van der Waals surface area contributed by atoms with E-state index < -0.39 is 37.3 Å². The summed E-state index contributed by atoms with van der Waals surface area (Å²) >= 11 is 0. The van der Waals surface area contributed by atoms with Gasteiger partial charge in [-0.15, -0.1) is 53.6 Å². The zero-order chi connectivity index (χ0) is 42.8. The van der Waals surface area contributed by atoms with Gasteiger partial charge in [0.05, 0.1) is 5.58 Å². The molecule has 0 bridgehead atoms. The van der Waals surface area contributed by atoms with E-state index in [0.29, 0.717) is 33.7 Å². The molecule has 253 valence electrons. The Bertz CT molecular complexity index is 2630. The molecule has 0 atom stereocenters. The van der Waals surface area contributed by atoms with Gasteiger partial charge in [0.25, 0.3) is 0 Å².